The Balaban J connectivity index is 1.78. The number of aromatic nitrogens is 2. The van der Waals surface area contributed by atoms with E-state index in [2.05, 4.69) is 0 Å². The fraction of sp³-hybridized carbons (Fsp3) is 0.0435. The summed E-state index contributed by atoms with van der Waals surface area (Å²) in [5.74, 6) is -0.221. The van der Waals surface area contributed by atoms with Crippen molar-refractivity contribution < 1.29 is 14.6 Å². The monoisotopic (exact) mass is 452 g/mol. The Morgan fingerprint density at radius 3 is 2.58 bits per heavy atom. The molecule has 6 nitrogen and oxygen atoms in total. The Morgan fingerprint density at radius 2 is 1.90 bits per heavy atom. The number of rotatable bonds is 5. The fourth-order valence-electron chi connectivity index (χ4n) is 3.10. The summed E-state index contributed by atoms with van der Waals surface area (Å²) in [5.41, 5.74) is 1.25. The van der Waals surface area contributed by atoms with Gasteiger partial charge >= 0.3 is 5.69 Å². The summed E-state index contributed by atoms with van der Waals surface area (Å²) in [6.07, 6.45) is 4.50. The number of imidazole rings is 1. The van der Waals surface area contributed by atoms with Gasteiger partial charge in [0.05, 0.1) is 27.7 Å². The number of halogens is 1. The summed E-state index contributed by atoms with van der Waals surface area (Å²) in [5, 5.41) is 9.73. The zero-order chi connectivity index (χ0) is 22.0. The minimum absolute atomic E-state index is 0.000932. The van der Waals surface area contributed by atoms with E-state index in [1.165, 1.54) is 35.2 Å². The number of aromatic hydroxyl groups is 1. The highest BCUT2D eigenvalue weighted by Crippen LogP contribution is 2.31. The smallest absolute Gasteiger partial charge is 0.340 e. The molecule has 4 rings (SSSR count). The number of phenols is 1. The topological polar surface area (TPSA) is 73.5 Å². The molecule has 0 unspecified atom stereocenters. The van der Waals surface area contributed by atoms with Gasteiger partial charge in [-0.25, -0.2) is 9.36 Å². The lowest BCUT2D eigenvalue weighted by molar-refractivity contribution is 0.0967. The van der Waals surface area contributed by atoms with Crippen LogP contribution in [0.3, 0.4) is 0 Å². The van der Waals surface area contributed by atoms with Gasteiger partial charge in [0.1, 0.15) is 0 Å². The predicted molar refractivity (Wildman–Crippen MR) is 123 cm³/mol. The van der Waals surface area contributed by atoms with Crippen molar-refractivity contribution in [3.05, 3.63) is 93.3 Å². The van der Waals surface area contributed by atoms with Gasteiger partial charge in [-0.05, 0) is 48.0 Å². The highest BCUT2D eigenvalue weighted by Gasteiger charge is 2.19. The van der Waals surface area contributed by atoms with Gasteiger partial charge in [-0.1, -0.05) is 35.9 Å². The Bertz CT molecular complexity index is 1340. The molecule has 0 aliphatic carbocycles. The van der Waals surface area contributed by atoms with Gasteiger partial charge in [0.25, 0.3) is 5.91 Å². The van der Waals surface area contributed by atoms with Crippen LogP contribution in [0.25, 0.3) is 22.3 Å². The number of hydrogen-bond acceptors (Lipinski definition) is 5. The van der Waals surface area contributed by atoms with Crippen LogP contribution in [0.4, 0.5) is 0 Å². The summed E-state index contributed by atoms with van der Waals surface area (Å²) in [7, 11) is 1.44. The number of allylic oxidation sites excluding steroid dienone is 1. The molecule has 0 atom stereocenters. The van der Waals surface area contributed by atoms with Crippen LogP contribution in [0, 0.1) is 0 Å². The second kappa shape index (κ2) is 8.67. The number of para-hydroxylation sites is 1. The quantitative estimate of drug-likeness (QED) is 0.428. The third-order valence-electron chi connectivity index (χ3n) is 4.59. The van der Waals surface area contributed by atoms with E-state index in [0.29, 0.717) is 26.2 Å². The van der Waals surface area contributed by atoms with Crippen molar-refractivity contribution in [3.8, 4) is 27.8 Å². The van der Waals surface area contributed by atoms with Gasteiger partial charge in [-0.3, -0.25) is 9.36 Å². The van der Waals surface area contributed by atoms with Crippen molar-refractivity contribution >= 4 is 34.9 Å². The first kappa shape index (κ1) is 20.7. The van der Waals surface area contributed by atoms with Gasteiger partial charge in [0.15, 0.2) is 11.5 Å². The maximum atomic E-state index is 13.2. The second-order valence-corrected chi connectivity index (χ2v) is 8.26. The normalized spacial score (nSPS) is 11.2. The molecular weight excluding hydrogens is 436 g/mol. The van der Waals surface area contributed by atoms with Crippen molar-refractivity contribution in [3.63, 3.8) is 0 Å². The molecule has 0 saturated heterocycles. The summed E-state index contributed by atoms with van der Waals surface area (Å²) in [6, 6.07) is 17.3. The standard InChI is InChI=1S/C23H17ClN2O4S/c1-30-19-13-15(7-9-18(19)27)8-12-22(28)26-17(20-10-11-21(24)31-20)14-25(23(26)29)16-5-3-2-4-6-16/h2-14,27H,1H3. The molecule has 1 N–H and O–H groups in total. The molecule has 0 aliphatic heterocycles. The molecule has 2 heterocycles. The van der Waals surface area contributed by atoms with Gasteiger partial charge in [0.2, 0.25) is 0 Å². The van der Waals surface area contributed by atoms with Crippen molar-refractivity contribution in [2.75, 3.05) is 7.11 Å². The van der Waals surface area contributed by atoms with Crippen LogP contribution >= 0.6 is 22.9 Å². The number of phenolic OH excluding ortho intramolecular Hbond substituents is 1. The number of benzene rings is 2. The molecule has 0 fully saturated rings. The van der Waals surface area contributed by atoms with Crippen LogP contribution in [0.15, 0.2) is 77.7 Å². The molecule has 0 spiro atoms. The zero-order valence-corrected chi connectivity index (χ0v) is 17.9. The van der Waals surface area contributed by atoms with Gasteiger partial charge in [-0.2, -0.15) is 0 Å². The van der Waals surface area contributed by atoms with Crippen LogP contribution in [0.1, 0.15) is 10.4 Å². The van der Waals surface area contributed by atoms with Crippen molar-refractivity contribution in [1.82, 2.24) is 9.13 Å². The number of carbonyl (C=O) groups excluding carboxylic acids is 1. The number of methoxy groups -OCH3 is 1. The van der Waals surface area contributed by atoms with Crippen LogP contribution in [0.5, 0.6) is 11.5 Å². The SMILES string of the molecule is COc1cc(C=CC(=O)n2c(-c3ccc(Cl)s3)cn(-c3ccccc3)c2=O)ccc1O. The first-order valence-corrected chi connectivity index (χ1v) is 10.4. The van der Waals surface area contributed by atoms with Gasteiger partial charge < -0.3 is 9.84 Å². The fourth-order valence-corrected chi connectivity index (χ4v) is 4.14. The van der Waals surface area contributed by atoms with Crippen molar-refractivity contribution in [2.24, 2.45) is 0 Å². The predicted octanol–water partition coefficient (Wildman–Crippen LogP) is 5.09. The van der Waals surface area contributed by atoms with E-state index in [-0.39, 0.29) is 11.5 Å². The second-order valence-electron chi connectivity index (χ2n) is 6.54. The minimum atomic E-state index is -0.508. The first-order chi connectivity index (χ1) is 15.0. The van der Waals surface area contributed by atoms with Gasteiger partial charge in [0, 0.05) is 12.3 Å². The number of thiophene rings is 1. The molecule has 0 saturated carbocycles. The molecule has 0 amide bonds. The van der Waals surface area contributed by atoms with Crippen LogP contribution < -0.4 is 10.4 Å². The van der Waals surface area contributed by atoms with Crippen LogP contribution in [0.2, 0.25) is 4.34 Å². The van der Waals surface area contributed by atoms with Gasteiger partial charge in [-0.15, -0.1) is 11.3 Å². The molecular formula is C23H17ClN2O4S. The average Bonchev–Trinajstić information content (AvgIpc) is 3.36. The maximum Gasteiger partial charge on any atom is 0.340 e. The average molecular weight is 453 g/mol. The first-order valence-electron chi connectivity index (χ1n) is 9.23. The van der Waals surface area contributed by atoms with E-state index in [1.54, 1.807) is 48.7 Å². The largest absolute Gasteiger partial charge is 0.504 e. The third kappa shape index (κ3) is 4.19. The lowest BCUT2D eigenvalue weighted by Gasteiger charge is -2.04. The number of ether oxygens (including phenoxy) is 1. The Morgan fingerprint density at radius 1 is 1.13 bits per heavy atom. The Hall–Kier alpha value is -3.55. The Labute approximate surface area is 186 Å². The number of carbonyl (C=O) groups is 1. The summed E-state index contributed by atoms with van der Waals surface area (Å²) in [4.78, 5) is 26.9. The summed E-state index contributed by atoms with van der Waals surface area (Å²) in [6.45, 7) is 0. The van der Waals surface area contributed by atoms with E-state index in [9.17, 15) is 14.7 Å². The summed E-state index contributed by atoms with van der Waals surface area (Å²) >= 11 is 7.36. The molecule has 2 aromatic carbocycles. The van der Waals surface area contributed by atoms with E-state index >= 15 is 0 Å². The third-order valence-corrected chi connectivity index (χ3v) is 5.85. The molecule has 0 radical (unpaired) electrons. The highest BCUT2D eigenvalue weighted by molar-refractivity contribution is 7.19. The van der Waals surface area contributed by atoms with E-state index in [4.69, 9.17) is 16.3 Å². The van der Waals surface area contributed by atoms with E-state index in [1.807, 2.05) is 18.2 Å². The highest BCUT2D eigenvalue weighted by atomic mass is 35.5. The molecule has 0 aliphatic rings. The lowest BCUT2D eigenvalue weighted by atomic mass is 10.2. The summed E-state index contributed by atoms with van der Waals surface area (Å²) < 4.78 is 8.19. The molecule has 8 heteroatoms. The lowest BCUT2D eigenvalue weighted by Crippen LogP contribution is -2.27. The minimum Gasteiger partial charge on any atom is -0.504 e. The number of hydrogen-bond donors (Lipinski definition) is 1. The maximum absolute atomic E-state index is 13.2. The molecule has 31 heavy (non-hydrogen) atoms. The van der Waals surface area contributed by atoms with Crippen molar-refractivity contribution in [2.45, 2.75) is 0 Å². The van der Waals surface area contributed by atoms with Crippen LogP contribution in [-0.4, -0.2) is 27.3 Å². The van der Waals surface area contributed by atoms with Crippen molar-refractivity contribution in [1.29, 1.82) is 0 Å². The molecule has 4 aromatic rings. The molecule has 0 bridgehead atoms. The molecule has 156 valence electrons. The van der Waals surface area contributed by atoms with E-state index < -0.39 is 11.6 Å². The van der Waals surface area contributed by atoms with Crippen LogP contribution in [-0.2, 0) is 0 Å². The zero-order valence-electron chi connectivity index (χ0n) is 16.4. The Kier molecular flexibility index (Phi) is 5.79. The van der Waals surface area contributed by atoms with E-state index in [0.717, 1.165) is 4.57 Å². The molecule has 2 aromatic heterocycles. The number of nitrogens with zero attached hydrogens (tertiary/aromatic N) is 2.